The number of aliphatic hydroxyl groups is 2. The molecular weight excluding hydrogens is 420 g/mol. The number of aryl methyl sites for hydroxylation is 1. The number of carbonyl (C=O) groups excluding carboxylic acids is 2. The van der Waals surface area contributed by atoms with Crippen LogP contribution in [-0.2, 0) is 25.5 Å². The Bertz CT molecular complexity index is 717. The van der Waals surface area contributed by atoms with Crippen LogP contribution in [0.2, 0.25) is 0 Å². The summed E-state index contributed by atoms with van der Waals surface area (Å²) in [6.07, 6.45) is 8.53. The van der Waals surface area contributed by atoms with Crippen LogP contribution >= 0.6 is 0 Å². The van der Waals surface area contributed by atoms with E-state index < -0.39 is 12.2 Å². The molecule has 1 saturated carbocycles. The number of carbonyl (C=O) groups is 2. The van der Waals surface area contributed by atoms with Crippen LogP contribution in [0.5, 0.6) is 0 Å². The molecule has 1 aromatic rings. The third-order valence-electron chi connectivity index (χ3n) is 6.36. The first-order valence-corrected chi connectivity index (χ1v) is 12.2. The second kappa shape index (κ2) is 14.9. The summed E-state index contributed by atoms with van der Waals surface area (Å²) in [7, 11) is 0. The maximum atomic E-state index is 11.6. The maximum Gasteiger partial charge on any atom is 0.306 e. The second-order valence-corrected chi connectivity index (χ2v) is 9.29. The molecule has 1 aliphatic rings. The number of hydrogen-bond donors (Lipinski definition) is 2. The Labute approximate surface area is 198 Å². The fourth-order valence-electron chi connectivity index (χ4n) is 4.67. The van der Waals surface area contributed by atoms with Gasteiger partial charge in [0.2, 0.25) is 0 Å². The molecule has 0 bridgehead atoms. The molecule has 0 unspecified atom stereocenters. The largest absolute Gasteiger partial charge is 0.464 e. The second-order valence-electron chi connectivity index (χ2n) is 9.29. The van der Waals surface area contributed by atoms with Gasteiger partial charge in [-0.1, -0.05) is 42.5 Å². The van der Waals surface area contributed by atoms with Crippen LogP contribution in [0, 0.1) is 11.8 Å². The van der Waals surface area contributed by atoms with E-state index in [1.54, 1.807) is 0 Å². The zero-order valence-corrected chi connectivity index (χ0v) is 20.0. The lowest BCUT2D eigenvalue weighted by atomic mass is 9.85. The molecule has 0 saturated heterocycles. The van der Waals surface area contributed by atoms with E-state index in [-0.39, 0.29) is 30.0 Å². The lowest BCUT2D eigenvalue weighted by Gasteiger charge is -2.25. The van der Waals surface area contributed by atoms with Gasteiger partial charge in [-0.15, -0.1) is 0 Å². The number of benzene rings is 1. The highest BCUT2D eigenvalue weighted by Gasteiger charge is 2.42. The number of unbranched alkanes of at least 4 members (excludes halogenated alkanes) is 1. The van der Waals surface area contributed by atoms with E-state index in [9.17, 15) is 19.8 Å². The highest BCUT2D eigenvalue weighted by molar-refractivity contribution is 5.69. The van der Waals surface area contributed by atoms with E-state index in [2.05, 4.69) is 12.1 Å². The minimum absolute atomic E-state index is 0.0153. The van der Waals surface area contributed by atoms with Crippen molar-refractivity contribution in [2.45, 2.75) is 96.1 Å². The summed E-state index contributed by atoms with van der Waals surface area (Å²) in [6.45, 7) is 4.14. The van der Waals surface area contributed by atoms with Crippen molar-refractivity contribution in [3.8, 4) is 0 Å². The molecular formula is C27H40O6. The van der Waals surface area contributed by atoms with Crippen LogP contribution < -0.4 is 0 Å². The minimum Gasteiger partial charge on any atom is -0.464 e. The summed E-state index contributed by atoms with van der Waals surface area (Å²) in [5.41, 5.74) is 1.20. The predicted molar refractivity (Wildman–Crippen MR) is 127 cm³/mol. The molecule has 2 N–H and O–H groups in total. The van der Waals surface area contributed by atoms with Crippen LogP contribution in [0.4, 0.5) is 0 Å². The molecule has 0 amide bonds. The average Bonchev–Trinajstić information content (AvgIpc) is 3.07. The predicted octanol–water partition coefficient (Wildman–Crippen LogP) is 4.37. The SMILES string of the molecule is CC(C)OC(=O)CCC/C=C\C[C@@H]1[C@@H](CC[C@@H](O)CCc2ccccc2)[C@@H](OC=O)C[C@@H]1O. The summed E-state index contributed by atoms with van der Waals surface area (Å²) in [5.74, 6) is -0.176. The van der Waals surface area contributed by atoms with Crippen molar-refractivity contribution >= 4 is 12.4 Å². The van der Waals surface area contributed by atoms with Gasteiger partial charge in [0.25, 0.3) is 6.47 Å². The number of esters is 1. The normalized spacial score (nSPS) is 23.7. The van der Waals surface area contributed by atoms with Gasteiger partial charge in [0, 0.05) is 18.8 Å². The molecule has 6 nitrogen and oxygen atoms in total. The summed E-state index contributed by atoms with van der Waals surface area (Å²) < 4.78 is 10.4. The number of ether oxygens (including phenoxy) is 2. The van der Waals surface area contributed by atoms with E-state index in [0.717, 1.165) is 19.3 Å². The molecule has 33 heavy (non-hydrogen) atoms. The smallest absolute Gasteiger partial charge is 0.306 e. The van der Waals surface area contributed by atoms with Gasteiger partial charge < -0.3 is 19.7 Å². The Morgan fingerprint density at radius 2 is 1.91 bits per heavy atom. The number of hydrogen-bond acceptors (Lipinski definition) is 6. The third-order valence-corrected chi connectivity index (χ3v) is 6.36. The van der Waals surface area contributed by atoms with Crippen LogP contribution in [0.3, 0.4) is 0 Å². The van der Waals surface area contributed by atoms with E-state index in [1.165, 1.54) is 5.56 Å². The molecule has 184 valence electrons. The first-order chi connectivity index (χ1) is 15.9. The van der Waals surface area contributed by atoms with Gasteiger partial charge in [0.15, 0.2) is 0 Å². The van der Waals surface area contributed by atoms with Crippen molar-refractivity contribution < 1.29 is 29.3 Å². The van der Waals surface area contributed by atoms with Gasteiger partial charge in [-0.2, -0.15) is 0 Å². The van der Waals surface area contributed by atoms with Crippen LogP contribution in [0.25, 0.3) is 0 Å². The van der Waals surface area contributed by atoms with Gasteiger partial charge in [-0.05, 0) is 70.3 Å². The number of aliphatic hydroxyl groups excluding tert-OH is 2. The molecule has 1 aromatic carbocycles. The maximum absolute atomic E-state index is 11.6. The molecule has 1 aliphatic carbocycles. The van der Waals surface area contributed by atoms with Gasteiger partial charge in [-0.3, -0.25) is 9.59 Å². The Morgan fingerprint density at radius 1 is 1.15 bits per heavy atom. The summed E-state index contributed by atoms with van der Waals surface area (Å²) in [4.78, 5) is 22.6. The molecule has 0 radical (unpaired) electrons. The molecule has 5 atom stereocenters. The molecule has 0 aliphatic heterocycles. The molecule has 0 aromatic heterocycles. The van der Waals surface area contributed by atoms with E-state index in [1.807, 2.05) is 44.2 Å². The molecule has 0 spiro atoms. The summed E-state index contributed by atoms with van der Waals surface area (Å²) in [6, 6.07) is 10.1. The topological polar surface area (TPSA) is 93.1 Å². The zero-order chi connectivity index (χ0) is 24.1. The standard InChI is InChI=1S/C27H40O6/c1-20(2)33-27(31)13-9-4-3-8-12-23-24(26(32-19-28)18-25(23)30)17-16-22(29)15-14-21-10-6-5-7-11-21/h3,5-8,10-11,19-20,22-26,29-30H,4,9,12-18H2,1-2H3/b8-3-/t22-,23+,24+,25-,26-/m0/s1. The Morgan fingerprint density at radius 3 is 2.61 bits per heavy atom. The Kier molecular flexibility index (Phi) is 12.2. The van der Waals surface area contributed by atoms with Crippen molar-refractivity contribution in [1.29, 1.82) is 0 Å². The highest BCUT2D eigenvalue weighted by atomic mass is 16.5. The van der Waals surface area contributed by atoms with Crippen LogP contribution in [-0.4, -0.2) is 47.1 Å². The molecule has 0 heterocycles. The van der Waals surface area contributed by atoms with E-state index >= 15 is 0 Å². The number of allylic oxidation sites excluding steroid dienone is 2. The van der Waals surface area contributed by atoms with Gasteiger partial charge >= 0.3 is 5.97 Å². The zero-order valence-electron chi connectivity index (χ0n) is 20.0. The monoisotopic (exact) mass is 460 g/mol. The molecule has 2 rings (SSSR count). The third kappa shape index (κ3) is 10.1. The van der Waals surface area contributed by atoms with Crippen molar-refractivity contribution in [2.24, 2.45) is 11.8 Å². The molecule has 1 fully saturated rings. The van der Waals surface area contributed by atoms with Crippen molar-refractivity contribution in [3.05, 3.63) is 48.0 Å². The summed E-state index contributed by atoms with van der Waals surface area (Å²) in [5, 5.41) is 21.1. The van der Waals surface area contributed by atoms with Gasteiger partial charge in [0.05, 0.1) is 18.3 Å². The van der Waals surface area contributed by atoms with Gasteiger partial charge in [0.1, 0.15) is 6.10 Å². The highest BCUT2D eigenvalue weighted by Crippen LogP contribution is 2.40. The Hall–Kier alpha value is -2.18. The van der Waals surface area contributed by atoms with Crippen molar-refractivity contribution in [2.75, 3.05) is 0 Å². The lowest BCUT2D eigenvalue weighted by molar-refractivity contribution is -0.147. The average molecular weight is 461 g/mol. The number of rotatable bonds is 15. The fourth-order valence-corrected chi connectivity index (χ4v) is 4.67. The Balaban J connectivity index is 1.79. The van der Waals surface area contributed by atoms with Crippen LogP contribution in [0.1, 0.15) is 70.8 Å². The van der Waals surface area contributed by atoms with E-state index in [4.69, 9.17) is 9.47 Å². The van der Waals surface area contributed by atoms with Crippen LogP contribution in [0.15, 0.2) is 42.5 Å². The van der Waals surface area contributed by atoms with Crippen molar-refractivity contribution in [1.82, 2.24) is 0 Å². The molecule has 6 heteroatoms. The first-order valence-electron chi connectivity index (χ1n) is 12.2. The van der Waals surface area contributed by atoms with Crippen molar-refractivity contribution in [3.63, 3.8) is 0 Å². The fraction of sp³-hybridized carbons (Fsp3) is 0.630. The minimum atomic E-state index is -0.535. The summed E-state index contributed by atoms with van der Waals surface area (Å²) >= 11 is 0. The first kappa shape index (κ1) is 27.1. The quantitative estimate of drug-likeness (QED) is 0.175. The van der Waals surface area contributed by atoms with Gasteiger partial charge in [-0.25, -0.2) is 0 Å². The lowest BCUT2D eigenvalue weighted by Crippen LogP contribution is -2.25. The van der Waals surface area contributed by atoms with E-state index in [0.29, 0.717) is 45.0 Å².